The third-order valence-corrected chi connectivity index (χ3v) is 5.72. The van der Waals surface area contributed by atoms with E-state index in [1.807, 2.05) is 0 Å². The van der Waals surface area contributed by atoms with E-state index in [1.165, 1.54) is 12.1 Å². The van der Waals surface area contributed by atoms with E-state index in [-0.39, 0.29) is 18.1 Å². The molecule has 0 saturated carbocycles. The first-order valence-electron chi connectivity index (χ1n) is 9.77. The Morgan fingerprint density at radius 2 is 2.00 bits per heavy atom. The fourth-order valence-corrected chi connectivity index (χ4v) is 4.16. The minimum atomic E-state index is -0.959. The van der Waals surface area contributed by atoms with Gasteiger partial charge in [-0.2, -0.15) is 0 Å². The minimum Gasteiger partial charge on any atom is -0.358 e. The first kappa shape index (κ1) is 18.4. The molecular formula is C22H19FN4O3. The summed E-state index contributed by atoms with van der Waals surface area (Å²) in [6.07, 6.45) is 0.476. The van der Waals surface area contributed by atoms with Crippen molar-refractivity contribution in [2.75, 3.05) is 11.9 Å². The third kappa shape index (κ3) is 3.10. The molecule has 1 atom stereocenters. The highest BCUT2D eigenvalue weighted by atomic mass is 19.1. The van der Waals surface area contributed by atoms with Gasteiger partial charge < -0.3 is 20.5 Å². The van der Waals surface area contributed by atoms with Crippen molar-refractivity contribution >= 4 is 34.3 Å². The van der Waals surface area contributed by atoms with Crippen LogP contribution in [-0.2, 0) is 22.6 Å². The van der Waals surface area contributed by atoms with E-state index in [2.05, 4.69) is 15.6 Å². The topological polar surface area (TPSA) is 94.3 Å². The molecule has 3 amide bonds. The molecule has 0 radical (unpaired) electrons. The molecule has 3 aromatic rings. The molecule has 1 aromatic heterocycles. The van der Waals surface area contributed by atoms with Crippen LogP contribution in [0.5, 0.6) is 0 Å². The number of anilines is 1. The molecule has 2 aliphatic heterocycles. The first-order valence-corrected chi connectivity index (χ1v) is 9.77. The van der Waals surface area contributed by atoms with E-state index in [0.29, 0.717) is 30.8 Å². The number of carbonyl (C=O) groups excluding carboxylic acids is 3. The molecule has 0 aliphatic carbocycles. The Morgan fingerprint density at radius 3 is 2.87 bits per heavy atom. The second kappa shape index (κ2) is 6.98. The van der Waals surface area contributed by atoms with Crippen LogP contribution in [0.4, 0.5) is 10.1 Å². The highest BCUT2D eigenvalue weighted by molar-refractivity contribution is 6.10. The Morgan fingerprint density at radius 1 is 1.17 bits per heavy atom. The summed E-state index contributed by atoms with van der Waals surface area (Å²) in [5.41, 5.74) is 3.52. The SMILES string of the molecule is O=C1NC(CC(=O)N2CCc3[nH]c4ccc(F)cc4c3C2)C(=O)Nc2ccccc21. The van der Waals surface area contributed by atoms with Crippen molar-refractivity contribution in [3.8, 4) is 0 Å². The normalized spacial score (nSPS) is 18.3. The maximum Gasteiger partial charge on any atom is 0.254 e. The summed E-state index contributed by atoms with van der Waals surface area (Å²) < 4.78 is 13.7. The predicted molar refractivity (Wildman–Crippen MR) is 108 cm³/mol. The highest BCUT2D eigenvalue weighted by Gasteiger charge is 2.32. The number of benzene rings is 2. The number of hydrogen-bond donors (Lipinski definition) is 3. The summed E-state index contributed by atoms with van der Waals surface area (Å²) in [7, 11) is 0. The van der Waals surface area contributed by atoms with Crippen molar-refractivity contribution in [2.24, 2.45) is 0 Å². The molecule has 5 rings (SSSR count). The van der Waals surface area contributed by atoms with Crippen LogP contribution in [0.15, 0.2) is 42.5 Å². The number of para-hydroxylation sites is 1. The summed E-state index contributed by atoms with van der Waals surface area (Å²) in [5, 5.41) is 6.13. The summed E-state index contributed by atoms with van der Waals surface area (Å²) >= 11 is 0. The molecule has 2 aromatic carbocycles. The Balaban J connectivity index is 1.34. The van der Waals surface area contributed by atoms with Crippen LogP contribution >= 0.6 is 0 Å². The molecule has 0 fully saturated rings. The van der Waals surface area contributed by atoms with Gasteiger partial charge in [-0.25, -0.2) is 4.39 Å². The van der Waals surface area contributed by atoms with Crippen LogP contribution in [0.25, 0.3) is 10.9 Å². The average Bonchev–Trinajstić information content (AvgIpc) is 3.04. The van der Waals surface area contributed by atoms with Gasteiger partial charge in [0.1, 0.15) is 11.9 Å². The molecular weight excluding hydrogens is 387 g/mol. The van der Waals surface area contributed by atoms with Crippen LogP contribution < -0.4 is 10.6 Å². The smallest absolute Gasteiger partial charge is 0.254 e. The molecule has 0 bridgehead atoms. The number of halogens is 1. The van der Waals surface area contributed by atoms with Gasteiger partial charge in [0.05, 0.1) is 17.7 Å². The molecule has 30 heavy (non-hydrogen) atoms. The number of H-pyrrole nitrogens is 1. The van der Waals surface area contributed by atoms with Crippen molar-refractivity contribution < 1.29 is 18.8 Å². The van der Waals surface area contributed by atoms with E-state index in [4.69, 9.17) is 0 Å². The molecule has 8 heteroatoms. The number of fused-ring (bicyclic) bond motifs is 4. The Bertz CT molecular complexity index is 1200. The van der Waals surface area contributed by atoms with Crippen molar-refractivity contribution in [3.05, 3.63) is 65.1 Å². The summed E-state index contributed by atoms with van der Waals surface area (Å²) in [6.45, 7) is 0.823. The van der Waals surface area contributed by atoms with Gasteiger partial charge in [0, 0.05) is 41.7 Å². The number of amides is 3. The lowest BCUT2D eigenvalue weighted by Gasteiger charge is -2.28. The average molecular weight is 406 g/mol. The van der Waals surface area contributed by atoms with Crippen LogP contribution in [0.1, 0.15) is 28.0 Å². The number of aromatic amines is 1. The number of nitrogens with one attached hydrogen (secondary N) is 3. The maximum absolute atomic E-state index is 13.7. The molecule has 2 aliphatic rings. The van der Waals surface area contributed by atoms with Gasteiger partial charge in [0.25, 0.3) is 5.91 Å². The largest absolute Gasteiger partial charge is 0.358 e. The van der Waals surface area contributed by atoms with Gasteiger partial charge in [0.2, 0.25) is 11.8 Å². The van der Waals surface area contributed by atoms with Crippen molar-refractivity contribution in [1.82, 2.24) is 15.2 Å². The van der Waals surface area contributed by atoms with Gasteiger partial charge in [-0.05, 0) is 30.3 Å². The number of rotatable bonds is 2. The Hall–Kier alpha value is -3.68. The molecule has 152 valence electrons. The van der Waals surface area contributed by atoms with Crippen LogP contribution in [-0.4, -0.2) is 40.2 Å². The Labute approximate surface area is 171 Å². The fraction of sp³-hybridized carbons (Fsp3) is 0.227. The number of nitrogens with zero attached hydrogens (tertiary/aromatic N) is 1. The number of carbonyl (C=O) groups is 3. The molecule has 3 N–H and O–H groups in total. The van der Waals surface area contributed by atoms with Gasteiger partial charge in [0.15, 0.2) is 0 Å². The van der Waals surface area contributed by atoms with Crippen LogP contribution in [0.2, 0.25) is 0 Å². The predicted octanol–water partition coefficient (Wildman–Crippen LogP) is 2.33. The molecule has 0 saturated heterocycles. The van der Waals surface area contributed by atoms with Crippen molar-refractivity contribution in [2.45, 2.75) is 25.4 Å². The van der Waals surface area contributed by atoms with Gasteiger partial charge in [-0.1, -0.05) is 12.1 Å². The molecule has 7 nitrogen and oxygen atoms in total. The first-order chi connectivity index (χ1) is 14.5. The zero-order chi connectivity index (χ0) is 20.8. The standard InChI is InChI=1S/C22H19FN4O3/c23-12-5-6-17-14(9-12)15-11-27(8-7-18(15)24-17)20(28)10-19-22(30)25-16-4-2-1-3-13(16)21(29)26-19/h1-6,9,19,24H,7-8,10-11H2,(H,25,30)(H,26,29). The Kier molecular flexibility index (Phi) is 4.27. The molecule has 0 spiro atoms. The van der Waals surface area contributed by atoms with Crippen LogP contribution in [0, 0.1) is 5.82 Å². The summed E-state index contributed by atoms with van der Waals surface area (Å²) in [5.74, 6) is -1.38. The van der Waals surface area contributed by atoms with Crippen LogP contribution in [0.3, 0.4) is 0 Å². The minimum absolute atomic E-state index is 0.141. The van der Waals surface area contributed by atoms with Gasteiger partial charge in [-0.3, -0.25) is 14.4 Å². The highest BCUT2D eigenvalue weighted by Crippen LogP contribution is 2.29. The molecule has 1 unspecified atom stereocenters. The summed E-state index contributed by atoms with van der Waals surface area (Å²) in [6, 6.07) is 10.3. The lowest BCUT2D eigenvalue weighted by molar-refractivity contribution is -0.134. The lowest BCUT2D eigenvalue weighted by Crippen LogP contribution is -2.46. The van der Waals surface area contributed by atoms with Crippen molar-refractivity contribution in [1.29, 1.82) is 0 Å². The lowest BCUT2D eigenvalue weighted by atomic mass is 10.0. The summed E-state index contributed by atoms with van der Waals surface area (Å²) in [4.78, 5) is 42.9. The zero-order valence-electron chi connectivity index (χ0n) is 16.0. The number of hydrogen-bond acceptors (Lipinski definition) is 3. The van der Waals surface area contributed by atoms with E-state index in [1.54, 1.807) is 35.2 Å². The van der Waals surface area contributed by atoms with E-state index >= 15 is 0 Å². The van der Waals surface area contributed by atoms with E-state index in [0.717, 1.165) is 22.2 Å². The third-order valence-electron chi connectivity index (χ3n) is 5.72. The quantitative estimate of drug-likeness (QED) is 0.610. The zero-order valence-corrected chi connectivity index (χ0v) is 16.0. The second-order valence-corrected chi connectivity index (χ2v) is 7.60. The number of aromatic nitrogens is 1. The maximum atomic E-state index is 13.7. The van der Waals surface area contributed by atoms with E-state index < -0.39 is 17.9 Å². The second-order valence-electron chi connectivity index (χ2n) is 7.60. The molecule has 3 heterocycles. The van der Waals surface area contributed by atoms with Gasteiger partial charge in [-0.15, -0.1) is 0 Å². The van der Waals surface area contributed by atoms with E-state index in [9.17, 15) is 18.8 Å². The van der Waals surface area contributed by atoms with Crippen molar-refractivity contribution in [3.63, 3.8) is 0 Å². The monoisotopic (exact) mass is 406 g/mol. The fourth-order valence-electron chi connectivity index (χ4n) is 4.16. The van der Waals surface area contributed by atoms with Gasteiger partial charge >= 0.3 is 0 Å².